The number of fused-ring (bicyclic) bond motifs is 7. The molecule has 0 unspecified atom stereocenters. The molecule has 0 amide bonds. The van der Waals surface area contributed by atoms with E-state index in [0.717, 1.165) is 37.8 Å². The van der Waals surface area contributed by atoms with Crippen molar-refractivity contribution in [1.82, 2.24) is 4.40 Å². The predicted octanol–water partition coefficient (Wildman–Crippen LogP) is 4.81. The van der Waals surface area contributed by atoms with Gasteiger partial charge in [0.05, 0.1) is 5.52 Å². The molecule has 5 aromatic rings. The molecule has 0 saturated heterocycles. The van der Waals surface area contributed by atoms with Crippen LogP contribution in [0.1, 0.15) is 0 Å². The van der Waals surface area contributed by atoms with Gasteiger partial charge in [-0.3, -0.25) is 0 Å². The van der Waals surface area contributed by atoms with Crippen molar-refractivity contribution in [2.24, 2.45) is 0 Å². The first kappa shape index (κ1) is 12.4. The van der Waals surface area contributed by atoms with Gasteiger partial charge in [-0.25, -0.2) is 0 Å². The van der Waals surface area contributed by atoms with Gasteiger partial charge in [-0.05, 0) is 51.9 Å². The molecule has 0 aliphatic rings. The van der Waals surface area contributed by atoms with Crippen LogP contribution in [0.4, 0.5) is 0 Å². The number of hydrogen-bond donors (Lipinski definition) is 2. The number of phenols is 1. The van der Waals surface area contributed by atoms with Crippen molar-refractivity contribution in [3.8, 4) is 11.5 Å². The topological polar surface area (TPSA) is 44.9 Å². The molecule has 0 fully saturated rings. The van der Waals surface area contributed by atoms with Crippen LogP contribution >= 0.6 is 0 Å². The summed E-state index contributed by atoms with van der Waals surface area (Å²) in [5, 5.41) is 26.6. The Hall–Kier alpha value is -3.20. The van der Waals surface area contributed by atoms with Crippen LogP contribution in [0.5, 0.6) is 11.5 Å². The number of aromatic hydroxyl groups is 2. The molecule has 0 aliphatic carbocycles. The molecular formula is C20H13NO2. The number of benzene rings is 3. The largest absolute Gasteiger partial charge is 0.508 e. The lowest BCUT2D eigenvalue weighted by atomic mass is 9.94. The van der Waals surface area contributed by atoms with Gasteiger partial charge in [0.1, 0.15) is 11.5 Å². The molecule has 3 heteroatoms. The molecule has 3 aromatic carbocycles. The maximum Gasteiger partial charge on any atom is 0.148 e. The van der Waals surface area contributed by atoms with Crippen LogP contribution in [0.15, 0.2) is 67.0 Å². The van der Waals surface area contributed by atoms with Crippen molar-refractivity contribution in [3.63, 3.8) is 0 Å². The van der Waals surface area contributed by atoms with Crippen molar-refractivity contribution in [1.29, 1.82) is 0 Å². The molecule has 0 aliphatic heterocycles. The van der Waals surface area contributed by atoms with Crippen molar-refractivity contribution < 1.29 is 10.2 Å². The summed E-state index contributed by atoms with van der Waals surface area (Å²) in [6.45, 7) is 0. The van der Waals surface area contributed by atoms with Gasteiger partial charge in [0.15, 0.2) is 0 Å². The van der Waals surface area contributed by atoms with Gasteiger partial charge in [-0.15, -0.1) is 0 Å². The molecule has 5 rings (SSSR count). The lowest BCUT2D eigenvalue weighted by Crippen LogP contribution is -1.89. The van der Waals surface area contributed by atoms with E-state index in [0.29, 0.717) is 0 Å². The first-order valence-electron chi connectivity index (χ1n) is 7.50. The summed E-state index contributed by atoms with van der Waals surface area (Å²) < 4.78 is 1.94. The number of aromatic nitrogens is 1. The van der Waals surface area contributed by atoms with Gasteiger partial charge in [0, 0.05) is 23.2 Å². The van der Waals surface area contributed by atoms with Crippen molar-refractivity contribution in [2.45, 2.75) is 0 Å². The standard InChI is InChI=1S/C20H13NO2/c22-12-7-8-15-16(10-12)13-4-1-2-5-14(13)17-11-21-9-3-6-18(21)20(23)19(15)17/h1-11,22-23H. The molecule has 3 nitrogen and oxygen atoms in total. The van der Waals surface area contributed by atoms with Crippen LogP contribution in [-0.4, -0.2) is 14.6 Å². The summed E-state index contributed by atoms with van der Waals surface area (Å²) in [6, 6.07) is 17.2. The number of hydrogen-bond acceptors (Lipinski definition) is 2. The SMILES string of the molecule is Oc1ccc2c(c1)c1ccccc1c1cn3cccc3c(O)c21. The van der Waals surface area contributed by atoms with Gasteiger partial charge in [0.25, 0.3) is 0 Å². The van der Waals surface area contributed by atoms with Crippen molar-refractivity contribution in [3.05, 3.63) is 67.0 Å². The Morgan fingerprint density at radius 1 is 0.696 bits per heavy atom. The molecule has 110 valence electrons. The average molecular weight is 299 g/mol. The van der Waals surface area contributed by atoms with E-state index >= 15 is 0 Å². The highest BCUT2D eigenvalue weighted by molar-refractivity contribution is 6.27. The minimum atomic E-state index is 0.227. The molecule has 0 bridgehead atoms. The van der Waals surface area contributed by atoms with E-state index in [1.54, 1.807) is 12.1 Å². The molecule has 0 atom stereocenters. The molecular weight excluding hydrogens is 286 g/mol. The van der Waals surface area contributed by atoms with E-state index in [-0.39, 0.29) is 11.5 Å². The van der Waals surface area contributed by atoms with Crippen molar-refractivity contribution >= 4 is 37.8 Å². The third kappa shape index (κ3) is 1.53. The fourth-order valence-corrected chi connectivity index (χ4v) is 3.57. The van der Waals surface area contributed by atoms with Crippen LogP contribution in [0, 0.1) is 0 Å². The molecule has 2 N–H and O–H groups in total. The predicted molar refractivity (Wildman–Crippen MR) is 93.2 cm³/mol. The van der Waals surface area contributed by atoms with Crippen LogP contribution in [-0.2, 0) is 0 Å². The maximum absolute atomic E-state index is 10.8. The Balaban J connectivity index is 2.22. The van der Waals surface area contributed by atoms with Gasteiger partial charge in [-0.1, -0.05) is 24.3 Å². The zero-order chi connectivity index (χ0) is 15.6. The second-order valence-electron chi connectivity index (χ2n) is 5.84. The van der Waals surface area contributed by atoms with E-state index in [1.807, 2.05) is 47.0 Å². The van der Waals surface area contributed by atoms with Gasteiger partial charge >= 0.3 is 0 Å². The fraction of sp³-hybridized carbons (Fsp3) is 0. The van der Waals surface area contributed by atoms with Crippen LogP contribution in [0.25, 0.3) is 37.8 Å². The zero-order valence-corrected chi connectivity index (χ0v) is 12.2. The quantitative estimate of drug-likeness (QED) is 0.403. The minimum absolute atomic E-state index is 0.227. The van der Waals surface area contributed by atoms with E-state index in [9.17, 15) is 10.2 Å². The summed E-state index contributed by atoms with van der Waals surface area (Å²) >= 11 is 0. The summed E-state index contributed by atoms with van der Waals surface area (Å²) in [5.41, 5.74) is 0.780. The smallest absolute Gasteiger partial charge is 0.148 e. The second kappa shape index (κ2) is 4.17. The molecule has 0 saturated carbocycles. The van der Waals surface area contributed by atoms with E-state index in [2.05, 4.69) is 12.3 Å². The normalized spacial score (nSPS) is 11.8. The summed E-state index contributed by atoms with van der Waals surface area (Å²) in [6.07, 6.45) is 3.99. The highest BCUT2D eigenvalue weighted by Crippen LogP contribution is 2.41. The van der Waals surface area contributed by atoms with Gasteiger partial charge < -0.3 is 14.6 Å². The third-order valence-corrected chi connectivity index (χ3v) is 4.58. The third-order valence-electron chi connectivity index (χ3n) is 4.58. The first-order chi connectivity index (χ1) is 11.2. The molecule has 23 heavy (non-hydrogen) atoms. The number of rotatable bonds is 0. The Kier molecular flexibility index (Phi) is 2.24. The summed E-state index contributed by atoms with van der Waals surface area (Å²) in [7, 11) is 0. The van der Waals surface area contributed by atoms with Crippen LogP contribution in [0.3, 0.4) is 0 Å². The Morgan fingerprint density at radius 3 is 2.30 bits per heavy atom. The zero-order valence-electron chi connectivity index (χ0n) is 12.2. The monoisotopic (exact) mass is 299 g/mol. The maximum atomic E-state index is 10.8. The Morgan fingerprint density at radius 2 is 1.48 bits per heavy atom. The fourth-order valence-electron chi connectivity index (χ4n) is 3.57. The lowest BCUT2D eigenvalue weighted by Gasteiger charge is -2.13. The Bertz CT molecular complexity index is 1230. The van der Waals surface area contributed by atoms with Gasteiger partial charge in [0.2, 0.25) is 0 Å². The molecule has 2 aromatic heterocycles. The summed E-state index contributed by atoms with van der Waals surface area (Å²) in [5.74, 6) is 0.499. The Labute approximate surface area is 131 Å². The highest BCUT2D eigenvalue weighted by atomic mass is 16.3. The molecule has 0 radical (unpaired) electrons. The number of nitrogens with zero attached hydrogens (tertiary/aromatic N) is 1. The number of phenolic OH excluding ortho intramolecular Hbond substituents is 1. The van der Waals surface area contributed by atoms with Crippen molar-refractivity contribution in [2.75, 3.05) is 0 Å². The highest BCUT2D eigenvalue weighted by Gasteiger charge is 2.14. The molecule has 0 spiro atoms. The lowest BCUT2D eigenvalue weighted by molar-refractivity contribution is 0.476. The van der Waals surface area contributed by atoms with E-state index in [1.165, 1.54) is 0 Å². The van der Waals surface area contributed by atoms with E-state index in [4.69, 9.17) is 0 Å². The number of pyridine rings is 1. The molecule has 2 heterocycles. The summed E-state index contributed by atoms with van der Waals surface area (Å²) in [4.78, 5) is 0. The van der Waals surface area contributed by atoms with Crippen LogP contribution < -0.4 is 0 Å². The van der Waals surface area contributed by atoms with Crippen LogP contribution in [0.2, 0.25) is 0 Å². The van der Waals surface area contributed by atoms with Gasteiger partial charge in [-0.2, -0.15) is 0 Å². The minimum Gasteiger partial charge on any atom is -0.508 e. The second-order valence-corrected chi connectivity index (χ2v) is 5.84. The van der Waals surface area contributed by atoms with E-state index < -0.39 is 0 Å². The first-order valence-corrected chi connectivity index (χ1v) is 7.50. The average Bonchev–Trinajstić information content (AvgIpc) is 3.04.